The molecule has 0 spiro atoms. The maximum atomic E-state index is 13.3. The van der Waals surface area contributed by atoms with Crippen LogP contribution in [0, 0.1) is 0 Å². The van der Waals surface area contributed by atoms with E-state index in [9.17, 15) is 45.6 Å². The molecule has 2 fully saturated rings. The zero-order valence-corrected chi connectivity index (χ0v) is 52.5. The molecule has 82 heavy (non-hydrogen) atoms. The minimum atomic E-state index is -1.79. The predicted molar refractivity (Wildman–Crippen MR) is 332 cm³/mol. The molecular weight excluding hydrogens is 1040 g/mol. The van der Waals surface area contributed by atoms with Crippen LogP contribution in [0.1, 0.15) is 309 Å². The van der Waals surface area contributed by atoms with E-state index in [2.05, 4.69) is 31.3 Å². The molecule has 12 atom stereocenters. The summed E-state index contributed by atoms with van der Waals surface area (Å²) in [5.41, 5.74) is 0. The van der Waals surface area contributed by atoms with Crippen molar-refractivity contribution in [2.45, 2.75) is 383 Å². The second-order valence-corrected chi connectivity index (χ2v) is 24.7. The molecule has 9 N–H and O–H groups in total. The van der Waals surface area contributed by atoms with Crippen LogP contribution in [0.4, 0.5) is 0 Å². The molecule has 0 aromatic rings. The summed E-state index contributed by atoms with van der Waals surface area (Å²) < 4.78 is 22.8. The Hall–Kier alpha value is -1.53. The summed E-state index contributed by atoms with van der Waals surface area (Å²) in [4.78, 5) is 13.3. The van der Waals surface area contributed by atoms with Gasteiger partial charge in [-0.25, -0.2) is 0 Å². The van der Waals surface area contributed by atoms with E-state index in [0.29, 0.717) is 12.8 Å². The van der Waals surface area contributed by atoms with Crippen LogP contribution >= 0.6 is 0 Å². The number of unbranched alkanes of at least 4 members (excludes halogenated alkanes) is 42. The number of amides is 1. The maximum absolute atomic E-state index is 13.3. The number of ether oxygens (including phenoxy) is 4. The van der Waals surface area contributed by atoms with Crippen molar-refractivity contribution in [2.75, 3.05) is 19.8 Å². The highest BCUT2D eigenvalue weighted by Gasteiger charge is 2.51. The van der Waals surface area contributed by atoms with Crippen LogP contribution in [0.15, 0.2) is 24.3 Å². The number of rotatable bonds is 57. The van der Waals surface area contributed by atoms with Gasteiger partial charge in [0.2, 0.25) is 5.91 Å². The fourth-order valence-electron chi connectivity index (χ4n) is 11.6. The predicted octanol–water partition coefficient (Wildman–Crippen LogP) is 13.6. The standard InChI is InChI=1S/C68H129NO13/c1-3-5-7-9-11-13-15-17-19-21-23-25-27-28-30-32-34-36-38-40-42-44-46-48-50-52-60(73)69-56(55-79-67-65(78)63(76)66(59(54-71)81-67)82-68-64(77)62(75)61(74)58(53-70)80-68)57(72)51-49-47-45-43-41-39-37-35-33-31-29-26-24-22-20-18-16-14-12-10-8-6-4-2/h41,43,49,51,56-59,61-68,70-72,74-78H,3-40,42,44-48,50,52-55H2,1-2H3,(H,69,73)/b43-41+,51-49+. The second kappa shape index (κ2) is 53.7. The molecule has 0 aliphatic carbocycles. The Morgan fingerprint density at radius 1 is 0.427 bits per heavy atom. The number of carbonyl (C=O) groups is 1. The molecular formula is C68H129NO13. The summed E-state index contributed by atoms with van der Waals surface area (Å²) in [7, 11) is 0. The molecule has 14 nitrogen and oxygen atoms in total. The maximum Gasteiger partial charge on any atom is 0.220 e. The Labute approximate surface area is 500 Å². The van der Waals surface area contributed by atoms with E-state index < -0.39 is 86.8 Å². The third-order valence-corrected chi connectivity index (χ3v) is 17.1. The van der Waals surface area contributed by atoms with E-state index >= 15 is 0 Å². The van der Waals surface area contributed by atoms with Gasteiger partial charge in [0.15, 0.2) is 12.6 Å². The van der Waals surface area contributed by atoms with Crippen molar-refractivity contribution in [1.82, 2.24) is 5.32 Å². The van der Waals surface area contributed by atoms with Gasteiger partial charge in [-0.3, -0.25) is 4.79 Å². The Balaban J connectivity index is 1.70. The van der Waals surface area contributed by atoms with Crippen molar-refractivity contribution in [3.05, 3.63) is 24.3 Å². The Bertz CT molecular complexity index is 1470. The van der Waals surface area contributed by atoms with Gasteiger partial charge in [0.05, 0.1) is 32.0 Å². The third kappa shape index (κ3) is 37.9. The minimum Gasteiger partial charge on any atom is -0.394 e. The molecule has 2 rings (SSSR count). The third-order valence-electron chi connectivity index (χ3n) is 17.1. The number of allylic oxidation sites excluding steroid dienone is 3. The van der Waals surface area contributed by atoms with Gasteiger partial charge in [0, 0.05) is 6.42 Å². The smallest absolute Gasteiger partial charge is 0.220 e. The first-order valence-electron chi connectivity index (χ1n) is 34.6. The topological polar surface area (TPSA) is 228 Å². The molecule has 2 heterocycles. The van der Waals surface area contributed by atoms with E-state index in [0.717, 1.165) is 32.1 Å². The Morgan fingerprint density at radius 3 is 1.20 bits per heavy atom. The van der Waals surface area contributed by atoms with Gasteiger partial charge in [-0.15, -0.1) is 0 Å². The summed E-state index contributed by atoms with van der Waals surface area (Å²) in [6.45, 7) is 2.84. The van der Waals surface area contributed by atoms with Crippen LogP contribution in [0.2, 0.25) is 0 Å². The van der Waals surface area contributed by atoms with Gasteiger partial charge in [-0.1, -0.05) is 295 Å². The first-order valence-corrected chi connectivity index (χ1v) is 34.6. The van der Waals surface area contributed by atoms with Crippen molar-refractivity contribution >= 4 is 5.91 Å². The lowest BCUT2D eigenvalue weighted by Gasteiger charge is -2.46. The van der Waals surface area contributed by atoms with E-state index in [1.165, 1.54) is 244 Å². The second-order valence-electron chi connectivity index (χ2n) is 24.7. The van der Waals surface area contributed by atoms with Crippen LogP contribution < -0.4 is 5.32 Å². The van der Waals surface area contributed by atoms with Crippen LogP contribution in [0.5, 0.6) is 0 Å². The lowest BCUT2D eigenvalue weighted by molar-refractivity contribution is -0.359. The van der Waals surface area contributed by atoms with Crippen molar-refractivity contribution < 1.29 is 64.6 Å². The minimum absolute atomic E-state index is 0.242. The van der Waals surface area contributed by atoms with E-state index in [4.69, 9.17) is 18.9 Å². The van der Waals surface area contributed by atoms with Gasteiger partial charge in [0.25, 0.3) is 0 Å². The number of aliphatic hydroxyl groups is 8. The quantitative estimate of drug-likeness (QED) is 0.0204. The summed E-state index contributed by atoms with van der Waals surface area (Å²) in [6.07, 6.45) is 49.5. The number of nitrogens with one attached hydrogen (secondary N) is 1. The average Bonchev–Trinajstić information content (AvgIpc) is 3.67. The largest absolute Gasteiger partial charge is 0.394 e. The zero-order chi connectivity index (χ0) is 59.5. The van der Waals surface area contributed by atoms with Crippen LogP contribution in [-0.4, -0.2) is 140 Å². The highest BCUT2D eigenvalue weighted by Crippen LogP contribution is 2.30. The van der Waals surface area contributed by atoms with Crippen LogP contribution in [0.25, 0.3) is 0 Å². The molecule has 2 aliphatic rings. The fraction of sp³-hybridized carbons (Fsp3) is 0.926. The molecule has 0 aromatic carbocycles. The average molecular weight is 1170 g/mol. The highest BCUT2D eigenvalue weighted by molar-refractivity contribution is 5.76. The molecule has 2 aliphatic heterocycles. The molecule has 2 saturated heterocycles. The number of aliphatic hydroxyl groups excluding tert-OH is 8. The number of carbonyl (C=O) groups excluding carboxylic acids is 1. The molecule has 0 bridgehead atoms. The number of hydrogen-bond acceptors (Lipinski definition) is 13. The molecule has 0 aromatic heterocycles. The first-order chi connectivity index (χ1) is 40.1. The Morgan fingerprint density at radius 2 is 0.780 bits per heavy atom. The summed E-state index contributed by atoms with van der Waals surface area (Å²) in [5, 5.41) is 87.4. The van der Waals surface area contributed by atoms with E-state index in [-0.39, 0.29) is 18.9 Å². The lowest BCUT2D eigenvalue weighted by Crippen LogP contribution is -2.65. The van der Waals surface area contributed by atoms with Crippen molar-refractivity contribution in [3.63, 3.8) is 0 Å². The SMILES string of the molecule is CCCCCCCCCCCCCCCCCCC/C=C/CC/C=C/C(O)C(COC1OC(CO)C(OC2OC(CO)C(O)C(O)C2O)C(O)C1O)NC(=O)CCCCCCCCCCCCCCCCCCCCCCCCCCC. The molecule has 12 unspecified atom stereocenters. The van der Waals surface area contributed by atoms with Gasteiger partial charge < -0.3 is 65.1 Å². The van der Waals surface area contributed by atoms with Gasteiger partial charge >= 0.3 is 0 Å². The van der Waals surface area contributed by atoms with Gasteiger partial charge in [0.1, 0.15) is 48.8 Å². The molecule has 14 heteroatoms. The van der Waals surface area contributed by atoms with Crippen molar-refractivity contribution in [1.29, 1.82) is 0 Å². The zero-order valence-electron chi connectivity index (χ0n) is 52.5. The summed E-state index contributed by atoms with van der Waals surface area (Å²) >= 11 is 0. The van der Waals surface area contributed by atoms with E-state index in [1.807, 2.05) is 6.08 Å². The van der Waals surface area contributed by atoms with Gasteiger partial charge in [-0.2, -0.15) is 0 Å². The lowest BCUT2D eigenvalue weighted by atomic mass is 9.97. The van der Waals surface area contributed by atoms with Gasteiger partial charge in [-0.05, 0) is 32.1 Å². The fourth-order valence-corrected chi connectivity index (χ4v) is 11.6. The summed E-state index contributed by atoms with van der Waals surface area (Å²) in [5.74, 6) is -0.242. The number of hydrogen-bond donors (Lipinski definition) is 9. The van der Waals surface area contributed by atoms with Crippen molar-refractivity contribution in [3.8, 4) is 0 Å². The van der Waals surface area contributed by atoms with E-state index in [1.54, 1.807) is 6.08 Å². The molecule has 1 amide bonds. The molecule has 0 saturated carbocycles. The molecule has 484 valence electrons. The first kappa shape index (κ1) is 76.6. The highest BCUT2D eigenvalue weighted by atomic mass is 16.7. The van der Waals surface area contributed by atoms with Crippen LogP contribution in [0.3, 0.4) is 0 Å². The Kier molecular flexibility index (Phi) is 50.1. The van der Waals surface area contributed by atoms with Crippen molar-refractivity contribution in [2.24, 2.45) is 0 Å². The molecule has 0 radical (unpaired) electrons. The summed E-state index contributed by atoms with van der Waals surface area (Å²) in [6, 6.07) is -0.929. The van der Waals surface area contributed by atoms with Crippen LogP contribution in [-0.2, 0) is 23.7 Å². The normalized spacial score (nSPS) is 24.0. The monoisotopic (exact) mass is 1170 g/mol.